The van der Waals surface area contributed by atoms with Gasteiger partial charge in [-0.05, 0) is 41.5 Å². The second-order valence-electron chi connectivity index (χ2n) is 6.72. The Labute approximate surface area is 156 Å². The Hall–Kier alpha value is -1.05. The zero-order valence-electron chi connectivity index (χ0n) is 14.7. The highest BCUT2D eigenvalue weighted by atomic mass is 32.2. The first-order chi connectivity index (χ1) is 11.2. The Morgan fingerprint density at radius 2 is 1.67 bits per heavy atom. The molecule has 24 heavy (non-hydrogen) atoms. The summed E-state index contributed by atoms with van der Waals surface area (Å²) in [5.74, 6) is 0.776. The van der Waals surface area contributed by atoms with Gasteiger partial charge in [-0.1, -0.05) is 67.8 Å². The van der Waals surface area contributed by atoms with E-state index in [1.165, 1.54) is 45.4 Å². The molecule has 1 aromatic carbocycles. The summed E-state index contributed by atoms with van der Waals surface area (Å²) >= 11 is 4.53. The predicted molar refractivity (Wildman–Crippen MR) is 104 cm³/mol. The van der Waals surface area contributed by atoms with Gasteiger partial charge in [-0.25, -0.2) is 0 Å². The summed E-state index contributed by atoms with van der Waals surface area (Å²) in [5.41, 5.74) is 10.7. The quantitative estimate of drug-likeness (QED) is 0.755. The molecule has 0 atom stereocenters. The predicted octanol–water partition coefficient (Wildman–Crippen LogP) is 4.32. The molecule has 2 N–H and O–H groups in total. The van der Waals surface area contributed by atoms with Gasteiger partial charge in [0.05, 0.1) is 5.75 Å². The van der Waals surface area contributed by atoms with E-state index >= 15 is 0 Å². The molecule has 0 saturated heterocycles. The van der Waals surface area contributed by atoms with Crippen molar-refractivity contribution in [1.29, 1.82) is 0 Å². The van der Waals surface area contributed by atoms with Crippen LogP contribution in [0.25, 0.3) is 0 Å². The van der Waals surface area contributed by atoms with Crippen LogP contribution < -0.4 is 5.73 Å². The number of nitrogens with two attached hydrogens (primary N) is 1. The van der Waals surface area contributed by atoms with E-state index in [-0.39, 0.29) is 17.1 Å². The highest BCUT2D eigenvalue weighted by Gasteiger charge is 2.16. The van der Waals surface area contributed by atoms with Crippen LogP contribution in [0, 0.1) is 13.8 Å². The minimum Gasteiger partial charge on any atom is -0.369 e. The van der Waals surface area contributed by atoms with Gasteiger partial charge < -0.3 is 5.73 Å². The lowest BCUT2D eigenvalue weighted by Gasteiger charge is -2.22. The van der Waals surface area contributed by atoms with Crippen molar-refractivity contribution >= 4 is 40.8 Å². The standard InChI is InChI=1S/C17H23N3OS3/c1-10-6-12(17(3,4)5)7-11(2)13(10)8-22-15-19-20-16(24-15)23-9-14(18)21/h6-7H,8-9H2,1-5H3,(H2,18,21). The van der Waals surface area contributed by atoms with Gasteiger partial charge in [0.15, 0.2) is 8.68 Å². The van der Waals surface area contributed by atoms with E-state index in [0.29, 0.717) is 0 Å². The summed E-state index contributed by atoms with van der Waals surface area (Å²) < 4.78 is 1.70. The van der Waals surface area contributed by atoms with Crippen LogP contribution in [0.5, 0.6) is 0 Å². The zero-order chi connectivity index (χ0) is 17.9. The largest absolute Gasteiger partial charge is 0.369 e. The molecule has 1 aromatic heterocycles. The van der Waals surface area contributed by atoms with E-state index < -0.39 is 0 Å². The highest BCUT2D eigenvalue weighted by Crippen LogP contribution is 2.33. The number of aromatic nitrogens is 2. The normalized spacial score (nSPS) is 11.7. The summed E-state index contributed by atoms with van der Waals surface area (Å²) in [6.45, 7) is 11.1. The first-order valence-corrected chi connectivity index (χ1v) is 10.4. The molecule has 0 fully saturated rings. The number of primary amides is 1. The van der Waals surface area contributed by atoms with Gasteiger partial charge in [-0.3, -0.25) is 4.79 Å². The van der Waals surface area contributed by atoms with Gasteiger partial charge in [0, 0.05) is 5.75 Å². The van der Waals surface area contributed by atoms with Gasteiger partial charge >= 0.3 is 0 Å². The molecular weight excluding hydrogens is 358 g/mol. The maximum Gasteiger partial charge on any atom is 0.227 e. The monoisotopic (exact) mass is 381 g/mol. The topological polar surface area (TPSA) is 68.9 Å². The maximum atomic E-state index is 10.8. The fraction of sp³-hybridized carbons (Fsp3) is 0.471. The van der Waals surface area contributed by atoms with Crippen molar-refractivity contribution in [1.82, 2.24) is 10.2 Å². The summed E-state index contributed by atoms with van der Waals surface area (Å²) in [6.07, 6.45) is 0. The van der Waals surface area contributed by atoms with Crippen LogP contribution >= 0.6 is 34.9 Å². The number of carbonyl (C=O) groups is 1. The second-order valence-corrected chi connectivity index (χ2v) is 10.1. The third-order valence-corrected chi connectivity index (χ3v) is 6.87. The van der Waals surface area contributed by atoms with Crippen molar-refractivity contribution in [2.75, 3.05) is 5.75 Å². The van der Waals surface area contributed by atoms with E-state index in [1.807, 2.05) is 0 Å². The van der Waals surface area contributed by atoms with Crippen molar-refractivity contribution in [3.8, 4) is 0 Å². The fourth-order valence-corrected chi connectivity index (χ4v) is 5.19. The third kappa shape index (κ3) is 5.22. The van der Waals surface area contributed by atoms with Crippen LogP contribution in [0.4, 0.5) is 0 Å². The van der Waals surface area contributed by atoms with Gasteiger partial charge in [0.25, 0.3) is 0 Å². The van der Waals surface area contributed by atoms with E-state index in [1.54, 1.807) is 11.8 Å². The molecule has 0 spiro atoms. The number of hydrogen-bond donors (Lipinski definition) is 1. The van der Waals surface area contributed by atoms with Crippen molar-refractivity contribution in [3.63, 3.8) is 0 Å². The smallest absolute Gasteiger partial charge is 0.227 e. The number of hydrogen-bond acceptors (Lipinski definition) is 6. The van der Waals surface area contributed by atoms with Crippen molar-refractivity contribution in [3.05, 3.63) is 34.4 Å². The molecule has 0 aliphatic carbocycles. The lowest BCUT2D eigenvalue weighted by Crippen LogP contribution is -2.12. The minimum atomic E-state index is -0.338. The van der Waals surface area contributed by atoms with Crippen molar-refractivity contribution in [2.24, 2.45) is 5.73 Å². The minimum absolute atomic E-state index is 0.160. The van der Waals surface area contributed by atoms with Gasteiger partial charge in [-0.2, -0.15) is 0 Å². The maximum absolute atomic E-state index is 10.8. The van der Waals surface area contributed by atoms with Crippen LogP contribution in [0.1, 0.15) is 43.0 Å². The van der Waals surface area contributed by atoms with Crippen LogP contribution in [-0.2, 0) is 16.0 Å². The summed E-state index contributed by atoms with van der Waals surface area (Å²) in [4.78, 5) is 10.8. The molecule has 0 saturated carbocycles. The van der Waals surface area contributed by atoms with E-state index in [0.717, 1.165) is 14.4 Å². The van der Waals surface area contributed by atoms with Crippen LogP contribution in [-0.4, -0.2) is 21.9 Å². The lowest BCUT2D eigenvalue weighted by molar-refractivity contribution is -0.115. The van der Waals surface area contributed by atoms with Crippen LogP contribution in [0.2, 0.25) is 0 Å². The van der Waals surface area contributed by atoms with E-state index in [2.05, 4.69) is 56.9 Å². The molecule has 0 radical (unpaired) electrons. The Bertz CT molecular complexity index is 712. The molecule has 1 heterocycles. The molecule has 4 nitrogen and oxygen atoms in total. The van der Waals surface area contributed by atoms with Crippen molar-refractivity contribution in [2.45, 2.75) is 54.5 Å². The van der Waals surface area contributed by atoms with Gasteiger partial charge in [0.1, 0.15) is 0 Å². The number of benzene rings is 1. The van der Waals surface area contributed by atoms with Gasteiger partial charge in [-0.15, -0.1) is 10.2 Å². The first-order valence-electron chi connectivity index (χ1n) is 7.65. The second kappa shape index (κ2) is 7.89. The number of thioether (sulfide) groups is 2. The molecule has 0 aliphatic rings. The summed E-state index contributed by atoms with van der Waals surface area (Å²) in [7, 11) is 0. The Balaban J connectivity index is 2.06. The molecule has 0 bridgehead atoms. The highest BCUT2D eigenvalue weighted by molar-refractivity contribution is 8.03. The molecule has 2 aromatic rings. The zero-order valence-corrected chi connectivity index (χ0v) is 17.1. The van der Waals surface area contributed by atoms with E-state index in [4.69, 9.17) is 5.73 Å². The molecule has 7 heteroatoms. The first kappa shape index (κ1) is 19.3. The number of amides is 1. The average Bonchev–Trinajstić information content (AvgIpc) is 2.91. The van der Waals surface area contributed by atoms with Crippen molar-refractivity contribution < 1.29 is 4.79 Å². The number of aryl methyl sites for hydroxylation is 2. The molecular formula is C17H23N3OS3. The molecule has 0 unspecified atom stereocenters. The number of carbonyl (C=O) groups excluding carboxylic acids is 1. The molecule has 130 valence electrons. The Morgan fingerprint density at radius 3 is 2.17 bits per heavy atom. The molecule has 1 amide bonds. The SMILES string of the molecule is Cc1cc(C(C)(C)C)cc(C)c1CSc1nnc(SCC(N)=O)s1. The van der Waals surface area contributed by atoms with Gasteiger partial charge in [0.2, 0.25) is 5.91 Å². The molecule has 2 rings (SSSR count). The van der Waals surface area contributed by atoms with Crippen LogP contribution in [0.3, 0.4) is 0 Å². The lowest BCUT2D eigenvalue weighted by atomic mass is 9.84. The Kier molecular flexibility index (Phi) is 6.33. The summed E-state index contributed by atoms with van der Waals surface area (Å²) in [5, 5.41) is 8.28. The number of rotatable bonds is 6. The van der Waals surface area contributed by atoms with Crippen LogP contribution in [0.15, 0.2) is 20.8 Å². The fourth-order valence-electron chi connectivity index (χ4n) is 2.23. The third-order valence-electron chi connectivity index (χ3n) is 3.63. The summed E-state index contributed by atoms with van der Waals surface area (Å²) in [6, 6.07) is 4.58. The Morgan fingerprint density at radius 1 is 1.12 bits per heavy atom. The van der Waals surface area contributed by atoms with E-state index in [9.17, 15) is 4.79 Å². The average molecular weight is 382 g/mol. The molecule has 0 aliphatic heterocycles. The number of nitrogens with zero attached hydrogens (tertiary/aromatic N) is 2.